The predicted octanol–water partition coefficient (Wildman–Crippen LogP) is 1.36. The number of nitrogens with zero attached hydrogens (tertiary/aromatic N) is 4. The van der Waals surface area contributed by atoms with E-state index in [4.69, 9.17) is 16.9 Å². The van der Waals surface area contributed by atoms with Crippen molar-refractivity contribution in [1.82, 2.24) is 9.88 Å². The van der Waals surface area contributed by atoms with Crippen molar-refractivity contribution >= 4 is 17.3 Å². The van der Waals surface area contributed by atoms with Gasteiger partial charge in [-0.15, -0.1) is 0 Å². The molecule has 0 unspecified atom stereocenters. The Bertz CT molecular complexity index is 418. The molecule has 1 aromatic heterocycles. The highest BCUT2D eigenvalue weighted by Gasteiger charge is 2.15. The molecule has 5 heteroatoms. The largest absolute Gasteiger partial charge is 0.369 e. The molecular formula is C11H13ClN4. The first-order valence-corrected chi connectivity index (χ1v) is 5.58. The quantitative estimate of drug-likeness (QED) is 0.691. The summed E-state index contributed by atoms with van der Waals surface area (Å²) < 4.78 is 0. The summed E-state index contributed by atoms with van der Waals surface area (Å²) in [5.41, 5.74) is 1.37. The predicted molar refractivity (Wildman–Crippen MR) is 63.7 cm³/mol. The maximum Gasteiger partial charge on any atom is 0.144 e. The van der Waals surface area contributed by atoms with Gasteiger partial charge in [0.1, 0.15) is 16.9 Å². The fourth-order valence-corrected chi connectivity index (χ4v) is 1.99. The Balaban J connectivity index is 2.20. The molecule has 1 aliphatic heterocycles. The first-order chi connectivity index (χ1) is 7.69. The van der Waals surface area contributed by atoms with Crippen LogP contribution in [0.4, 0.5) is 5.69 Å². The lowest BCUT2D eigenvalue weighted by molar-refractivity contribution is 0.313. The second-order valence-corrected chi connectivity index (χ2v) is 4.32. The molecule has 0 saturated carbocycles. The minimum atomic E-state index is 0.376. The molecule has 84 valence electrons. The number of hydrogen-bond donors (Lipinski definition) is 0. The Labute approximate surface area is 100 Å². The van der Waals surface area contributed by atoms with Crippen LogP contribution in [0.2, 0.25) is 5.15 Å². The lowest BCUT2D eigenvalue weighted by atomic mass is 10.2. The molecule has 1 aromatic rings. The smallest absolute Gasteiger partial charge is 0.144 e. The molecule has 16 heavy (non-hydrogen) atoms. The third kappa shape index (κ3) is 2.43. The zero-order valence-corrected chi connectivity index (χ0v) is 9.91. The molecule has 0 amide bonds. The minimum absolute atomic E-state index is 0.376. The van der Waals surface area contributed by atoms with Crippen molar-refractivity contribution in [2.45, 2.75) is 0 Å². The highest BCUT2D eigenvalue weighted by molar-refractivity contribution is 6.29. The van der Waals surface area contributed by atoms with Gasteiger partial charge in [-0.2, -0.15) is 5.26 Å². The van der Waals surface area contributed by atoms with Gasteiger partial charge in [0.2, 0.25) is 0 Å². The van der Waals surface area contributed by atoms with E-state index in [1.54, 1.807) is 6.07 Å². The van der Waals surface area contributed by atoms with Gasteiger partial charge < -0.3 is 9.80 Å². The van der Waals surface area contributed by atoms with Crippen molar-refractivity contribution in [3.8, 4) is 6.07 Å². The van der Waals surface area contributed by atoms with E-state index in [1.165, 1.54) is 0 Å². The van der Waals surface area contributed by atoms with Crippen LogP contribution in [-0.4, -0.2) is 43.1 Å². The van der Waals surface area contributed by atoms with Gasteiger partial charge in [-0.05, 0) is 19.2 Å². The van der Waals surface area contributed by atoms with E-state index < -0.39 is 0 Å². The van der Waals surface area contributed by atoms with Crippen molar-refractivity contribution in [3.63, 3.8) is 0 Å². The minimum Gasteiger partial charge on any atom is -0.369 e. The Morgan fingerprint density at radius 3 is 2.62 bits per heavy atom. The van der Waals surface area contributed by atoms with Crippen molar-refractivity contribution in [2.75, 3.05) is 38.1 Å². The number of piperazine rings is 1. The normalized spacial score (nSPS) is 17.2. The van der Waals surface area contributed by atoms with Crippen LogP contribution in [-0.2, 0) is 0 Å². The Hall–Kier alpha value is -1.31. The van der Waals surface area contributed by atoms with Crippen molar-refractivity contribution in [3.05, 3.63) is 23.0 Å². The Morgan fingerprint density at radius 1 is 1.31 bits per heavy atom. The summed E-state index contributed by atoms with van der Waals surface area (Å²) in [7, 11) is 2.11. The van der Waals surface area contributed by atoms with Gasteiger partial charge in [0.25, 0.3) is 0 Å². The highest BCUT2D eigenvalue weighted by Crippen LogP contribution is 2.20. The van der Waals surface area contributed by atoms with E-state index in [0.717, 1.165) is 31.9 Å². The van der Waals surface area contributed by atoms with Gasteiger partial charge >= 0.3 is 0 Å². The van der Waals surface area contributed by atoms with E-state index in [0.29, 0.717) is 10.8 Å². The standard InChI is InChI=1S/C11H13ClN4/c1-15-2-4-16(5-3-15)10-6-9(8-13)14-11(12)7-10/h6-7H,2-5H2,1H3. The van der Waals surface area contributed by atoms with Crippen molar-refractivity contribution in [1.29, 1.82) is 5.26 Å². The molecule has 0 bridgehead atoms. The van der Waals surface area contributed by atoms with Crippen molar-refractivity contribution in [2.24, 2.45) is 0 Å². The van der Waals surface area contributed by atoms with E-state index in [1.807, 2.05) is 12.1 Å². The molecule has 0 aromatic carbocycles. The van der Waals surface area contributed by atoms with Gasteiger partial charge in [-0.1, -0.05) is 11.6 Å². The van der Waals surface area contributed by atoms with Gasteiger partial charge in [0, 0.05) is 31.9 Å². The second-order valence-electron chi connectivity index (χ2n) is 3.94. The summed E-state index contributed by atoms with van der Waals surface area (Å²) in [6.07, 6.45) is 0. The summed E-state index contributed by atoms with van der Waals surface area (Å²) in [4.78, 5) is 8.44. The topological polar surface area (TPSA) is 43.2 Å². The monoisotopic (exact) mass is 236 g/mol. The van der Waals surface area contributed by atoms with E-state index in [2.05, 4.69) is 21.8 Å². The SMILES string of the molecule is CN1CCN(c2cc(Cl)nc(C#N)c2)CC1. The number of rotatable bonds is 1. The fourth-order valence-electron chi connectivity index (χ4n) is 1.79. The molecule has 1 fully saturated rings. The van der Waals surface area contributed by atoms with E-state index in [-0.39, 0.29) is 0 Å². The summed E-state index contributed by atoms with van der Waals surface area (Å²) in [6.45, 7) is 3.98. The molecule has 0 radical (unpaired) electrons. The number of nitriles is 1. The molecule has 1 aliphatic rings. The summed E-state index contributed by atoms with van der Waals surface area (Å²) >= 11 is 5.88. The summed E-state index contributed by atoms with van der Waals surface area (Å²) in [5, 5.41) is 9.21. The van der Waals surface area contributed by atoms with Gasteiger partial charge in [-0.25, -0.2) is 4.98 Å². The third-order valence-electron chi connectivity index (χ3n) is 2.76. The number of aromatic nitrogens is 1. The summed E-state index contributed by atoms with van der Waals surface area (Å²) in [6, 6.07) is 5.63. The van der Waals surface area contributed by atoms with E-state index in [9.17, 15) is 0 Å². The van der Waals surface area contributed by atoms with Gasteiger partial charge in [0.05, 0.1) is 0 Å². The van der Waals surface area contributed by atoms with Crippen LogP contribution in [0.15, 0.2) is 12.1 Å². The lowest BCUT2D eigenvalue weighted by Crippen LogP contribution is -2.44. The molecule has 0 spiro atoms. The molecule has 0 N–H and O–H groups in total. The lowest BCUT2D eigenvalue weighted by Gasteiger charge is -2.34. The number of hydrogen-bond acceptors (Lipinski definition) is 4. The maximum absolute atomic E-state index is 8.83. The number of halogens is 1. The zero-order chi connectivity index (χ0) is 11.5. The first kappa shape index (κ1) is 11.2. The number of pyridine rings is 1. The molecular weight excluding hydrogens is 224 g/mol. The molecule has 0 aliphatic carbocycles. The summed E-state index contributed by atoms with van der Waals surface area (Å²) in [5.74, 6) is 0. The number of likely N-dealkylation sites (N-methyl/N-ethyl adjacent to an activating group) is 1. The highest BCUT2D eigenvalue weighted by atomic mass is 35.5. The van der Waals surface area contributed by atoms with Crippen LogP contribution in [0, 0.1) is 11.3 Å². The average molecular weight is 237 g/mol. The molecule has 0 atom stereocenters. The van der Waals surface area contributed by atoms with Crippen LogP contribution >= 0.6 is 11.6 Å². The van der Waals surface area contributed by atoms with E-state index >= 15 is 0 Å². The molecule has 1 saturated heterocycles. The van der Waals surface area contributed by atoms with Crippen LogP contribution in [0.25, 0.3) is 0 Å². The van der Waals surface area contributed by atoms with Crippen LogP contribution in [0.5, 0.6) is 0 Å². The van der Waals surface area contributed by atoms with Crippen LogP contribution < -0.4 is 4.90 Å². The van der Waals surface area contributed by atoms with Crippen molar-refractivity contribution < 1.29 is 0 Å². The zero-order valence-electron chi connectivity index (χ0n) is 9.15. The number of anilines is 1. The third-order valence-corrected chi connectivity index (χ3v) is 2.96. The molecule has 2 heterocycles. The van der Waals surface area contributed by atoms with Gasteiger partial charge in [0.15, 0.2) is 0 Å². The second kappa shape index (κ2) is 4.69. The maximum atomic E-state index is 8.83. The average Bonchev–Trinajstić information content (AvgIpc) is 2.29. The van der Waals surface area contributed by atoms with Crippen LogP contribution in [0.3, 0.4) is 0 Å². The molecule has 4 nitrogen and oxygen atoms in total. The Kier molecular flexibility index (Phi) is 3.28. The first-order valence-electron chi connectivity index (χ1n) is 5.20. The van der Waals surface area contributed by atoms with Crippen LogP contribution in [0.1, 0.15) is 5.69 Å². The fraction of sp³-hybridized carbons (Fsp3) is 0.455. The van der Waals surface area contributed by atoms with Gasteiger partial charge in [-0.3, -0.25) is 0 Å². The molecule has 2 rings (SSSR count). The Morgan fingerprint density at radius 2 is 2.00 bits per heavy atom.